The van der Waals surface area contributed by atoms with Crippen molar-refractivity contribution >= 4 is 33.3 Å². The standard InChI is InChI=1S/C17H29N5O4S2/c1-6-26-16(23)14-11(2)20-15(27-14)12(3)21-17(18-4)19-10-13-8-7-9-22(13)28(5,24)25/h12-13H,6-10H2,1-5H3,(H2,18,19,21)/t12?,13-/m1/s1. The van der Waals surface area contributed by atoms with Gasteiger partial charge in [-0.2, -0.15) is 4.31 Å². The van der Waals surface area contributed by atoms with Crippen LogP contribution in [0.4, 0.5) is 0 Å². The van der Waals surface area contributed by atoms with Crippen molar-refractivity contribution in [2.24, 2.45) is 4.99 Å². The van der Waals surface area contributed by atoms with Crippen LogP contribution in [0.3, 0.4) is 0 Å². The van der Waals surface area contributed by atoms with Gasteiger partial charge in [0.05, 0.1) is 24.6 Å². The Bertz CT molecular complexity index is 822. The van der Waals surface area contributed by atoms with E-state index in [1.165, 1.54) is 21.9 Å². The SMILES string of the molecule is CCOC(=O)c1sc(C(C)NC(=NC)NC[C@H]2CCCN2S(C)(=O)=O)nc1C. The van der Waals surface area contributed by atoms with Crippen LogP contribution in [0.5, 0.6) is 0 Å². The molecule has 0 spiro atoms. The molecule has 0 bridgehead atoms. The zero-order valence-corrected chi connectivity index (χ0v) is 18.6. The normalized spacial score (nSPS) is 19.5. The molecule has 1 aromatic rings. The van der Waals surface area contributed by atoms with Crippen molar-refractivity contribution in [2.45, 2.75) is 45.7 Å². The van der Waals surface area contributed by atoms with Gasteiger partial charge >= 0.3 is 5.97 Å². The van der Waals surface area contributed by atoms with Gasteiger partial charge in [0.2, 0.25) is 10.0 Å². The summed E-state index contributed by atoms with van der Waals surface area (Å²) < 4.78 is 30.3. The smallest absolute Gasteiger partial charge is 0.350 e. The summed E-state index contributed by atoms with van der Waals surface area (Å²) in [6, 6.07) is -0.256. The van der Waals surface area contributed by atoms with Gasteiger partial charge in [-0.1, -0.05) is 0 Å². The van der Waals surface area contributed by atoms with Crippen molar-refractivity contribution in [1.29, 1.82) is 0 Å². The topological polar surface area (TPSA) is 113 Å². The van der Waals surface area contributed by atoms with Gasteiger partial charge in [-0.05, 0) is 33.6 Å². The highest BCUT2D eigenvalue weighted by molar-refractivity contribution is 7.88. The molecule has 0 saturated carbocycles. The largest absolute Gasteiger partial charge is 0.462 e. The van der Waals surface area contributed by atoms with Crippen molar-refractivity contribution < 1.29 is 17.9 Å². The first-order valence-electron chi connectivity index (χ1n) is 9.25. The summed E-state index contributed by atoms with van der Waals surface area (Å²) in [5.74, 6) is 0.193. The number of carbonyl (C=O) groups is 1. The van der Waals surface area contributed by atoms with E-state index in [2.05, 4.69) is 20.6 Å². The van der Waals surface area contributed by atoms with Gasteiger partial charge in [0, 0.05) is 26.2 Å². The number of esters is 1. The van der Waals surface area contributed by atoms with Crippen LogP contribution in [-0.4, -0.2) is 68.7 Å². The fraction of sp³-hybridized carbons (Fsp3) is 0.706. The van der Waals surface area contributed by atoms with E-state index in [4.69, 9.17) is 4.74 Å². The lowest BCUT2D eigenvalue weighted by atomic mass is 10.2. The lowest BCUT2D eigenvalue weighted by molar-refractivity contribution is 0.0531. The molecule has 158 valence electrons. The lowest BCUT2D eigenvalue weighted by Crippen LogP contribution is -2.46. The number of nitrogens with one attached hydrogen (secondary N) is 2. The molecule has 2 N–H and O–H groups in total. The second-order valence-corrected chi connectivity index (χ2v) is 9.64. The minimum absolute atomic E-state index is 0.0821. The van der Waals surface area contributed by atoms with E-state index in [0.717, 1.165) is 17.8 Å². The van der Waals surface area contributed by atoms with Crippen molar-refractivity contribution in [2.75, 3.05) is 33.0 Å². The first-order chi connectivity index (χ1) is 13.2. The molecule has 0 amide bonds. The van der Waals surface area contributed by atoms with E-state index in [1.807, 2.05) is 6.92 Å². The number of sulfonamides is 1. The number of rotatable bonds is 7. The molecule has 11 heteroatoms. The first kappa shape index (κ1) is 22.6. The summed E-state index contributed by atoms with van der Waals surface area (Å²) in [5, 5.41) is 7.19. The maximum absolute atomic E-state index is 12.0. The summed E-state index contributed by atoms with van der Waals surface area (Å²) in [7, 11) is -1.55. The quantitative estimate of drug-likeness (QED) is 0.380. The van der Waals surface area contributed by atoms with Crippen LogP contribution in [-0.2, 0) is 14.8 Å². The Morgan fingerprint density at radius 1 is 1.50 bits per heavy atom. The predicted molar refractivity (Wildman–Crippen MR) is 110 cm³/mol. The summed E-state index contributed by atoms with van der Waals surface area (Å²) >= 11 is 1.30. The first-order valence-corrected chi connectivity index (χ1v) is 11.9. The van der Waals surface area contributed by atoms with E-state index in [9.17, 15) is 13.2 Å². The Morgan fingerprint density at radius 2 is 2.21 bits per heavy atom. The minimum atomic E-state index is -3.21. The van der Waals surface area contributed by atoms with Crippen molar-refractivity contribution in [3.05, 3.63) is 15.6 Å². The monoisotopic (exact) mass is 431 g/mol. The third-order valence-corrected chi connectivity index (χ3v) is 7.13. The van der Waals surface area contributed by atoms with Gasteiger partial charge in [0.15, 0.2) is 5.96 Å². The maximum atomic E-state index is 12.0. The molecule has 1 aliphatic rings. The van der Waals surface area contributed by atoms with Gasteiger partial charge < -0.3 is 15.4 Å². The van der Waals surface area contributed by atoms with Gasteiger partial charge in [-0.25, -0.2) is 18.2 Å². The van der Waals surface area contributed by atoms with Crippen molar-refractivity contribution in [3.63, 3.8) is 0 Å². The molecule has 0 aliphatic carbocycles. The number of ether oxygens (including phenoxy) is 1. The van der Waals surface area contributed by atoms with Gasteiger partial charge in [-0.15, -0.1) is 11.3 Å². The van der Waals surface area contributed by atoms with Crippen LogP contribution in [0.25, 0.3) is 0 Å². The second-order valence-electron chi connectivity index (χ2n) is 6.68. The Hall–Kier alpha value is -1.72. The van der Waals surface area contributed by atoms with Gasteiger partial charge in [-0.3, -0.25) is 4.99 Å². The van der Waals surface area contributed by atoms with Crippen LogP contribution in [0.15, 0.2) is 4.99 Å². The number of hydrogen-bond donors (Lipinski definition) is 2. The zero-order chi connectivity index (χ0) is 20.9. The maximum Gasteiger partial charge on any atom is 0.350 e. The molecule has 2 atom stereocenters. The molecule has 1 aromatic heterocycles. The van der Waals surface area contributed by atoms with Crippen LogP contribution in [0, 0.1) is 6.92 Å². The molecular formula is C17H29N5O4S2. The minimum Gasteiger partial charge on any atom is -0.462 e. The number of hydrogen-bond acceptors (Lipinski definition) is 7. The summed E-state index contributed by atoms with van der Waals surface area (Å²) in [6.07, 6.45) is 2.92. The van der Waals surface area contributed by atoms with Gasteiger partial charge in [0.25, 0.3) is 0 Å². The molecule has 1 unspecified atom stereocenters. The Morgan fingerprint density at radius 3 is 2.82 bits per heavy atom. The highest BCUT2D eigenvalue weighted by atomic mass is 32.2. The molecule has 0 radical (unpaired) electrons. The number of guanidine groups is 1. The number of nitrogens with zero attached hydrogens (tertiary/aromatic N) is 3. The molecule has 1 fully saturated rings. The molecule has 2 heterocycles. The number of aryl methyl sites for hydroxylation is 1. The molecule has 2 rings (SSSR count). The molecule has 0 aromatic carbocycles. The average molecular weight is 432 g/mol. The highest BCUT2D eigenvalue weighted by Crippen LogP contribution is 2.24. The predicted octanol–water partition coefficient (Wildman–Crippen LogP) is 1.28. The van der Waals surface area contributed by atoms with Crippen molar-refractivity contribution in [3.8, 4) is 0 Å². The van der Waals surface area contributed by atoms with E-state index in [1.54, 1.807) is 20.9 Å². The number of aliphatic imine (C=N–C) groups is 1. The van der Waals surface area contributed by atoms with Crippen LogP contribution >= 0.6 is 11.3 Å². The van der Waals surface area contributed by atoms with Crippen LogP contribution < -0.4 is 10.6 Å². The Labute approximate surface area is 170 Å². The zero-order valence-electron chi connectivity index (χ0n) is 17.0. The second kappa shape index (κ2) is 9.66. The number of thiazole rings is 1. The fourth-order valence-electron chi connectivity index (χ4n) is 3.11. The molecule has 9 nitrogen and oxygen atoms in total. The number of carbonyl (C=O) groups excluding carboxylic acids is 1. The lowest BCUT2D eigenvalue weighted by Gasteiger charge is -2.24. The molecule has 28 heavy (non-hydrogen) atoms. The summed E-state index contributed by atoms with van der Waals surface area (Å²) in [4.78, 5) is 21.2. The Balaban J connectivity index is 1.97. The Kier molecular flexibility index (Phi) is 7.79. The van der Waals surface area contributed by atoms with Crippen LogP contribution in [0.2, 0.25) is 0 Å². The van der Waals surface area contributed by atoms with E-state index >= 15 is 0 Å². The van der Waals surface area contributed by atoms with Crippen LogP contribution in [0.1, 0.15) is 53.1 Å². The summed E-state index contributed by atoms with van der Waals surface area (Å²) in [5.41, 5.74) is 0.643. The summed E-state index contributed by atoms with van der Waals surface area (Å²) in [6.45, 7) is 6.84. The van der Waals surface area contributed by atoms with E-state index < -0.39 is 10.0 Å². The van der Waals surface area contributed by atoms with Crippen molar-refractivity contribution in [1.82, 2.24) is 19.9 Å². The number of aromatic nitrogens is 1. The van der Waals surface area contributed by atoms with Gasteiger partial charge in [0.1, 0.15) is 9.88 Å². The third kappa shape index (κ3) is 5.65. The fourth-order valence-corrected chi connectivity index (χ4v) is 5.26. The third-order valence-electron chi connectivity index (χ3n) is 4.48. The highest BCUT2D eigenvalue weighted by Gasteiger charge is 2.31. The molecule has 1 saturated heterocycles. The van der Waals surface area contributed by atoms with E-state index in [-0.39, 0.29) is 18.1 Å². The van der Waals surface area contributed by atoms with E-state index in [0.29, 0.717) is 36.2 Å². The molecule has 1 aliphatic heterocycles. The molecular weight excluding hydrogens is 402 g/mol. The average Bonchev–Trinajstić information content (AvgIpc) is 3.25.